The molecule has 0 aliphatic heterocycles. The molecule has 2 N–H and O–H groups in total. The average Bonchev–Trinajstić information content (AvgIpc) is 2.18. The molecule has 1 aromatic carbocycles. The van der Waals surface area contributed by atoms with E-state index in [-0.39, 0.29) is 11.4 Å². The van der Waals surface area contributed by atoms with Crippen LogP contribution in [0.1, 0.15) is 0 Å². The van der Waals surface area contributed by atoms with Crippen LogP contribution in [-0.4, -0.2) is 41.5 Å². The monoisotopic (exact) mass is 293 g/mol. The number of sulfonamides is 1. The molecule has 102 valence electrons. The van der Waals surface area contributed by atoms with Gasteiger partial charge >= 0.3 is 10.2 Å². The van der Waals surface area contributed by atoms with Crippen molar-refractivity contribution < 1.29 is 16.8 Å². The molecule has 0 saturated carbocycles. The molecule has 7 nitrogen and oxygen atoms in total. The van der Waals surface area contributed by atoms with Crippen LogP contribution in [0.4, 0.5) is 11.4 Å². The molecule has 0 unspecified atom stereocenters. The first-order chi connectivity index (χ1) is 8.12. The molecule has 0 bridgehead atoms. The van der Waals surface area contributed by atoms with E-state index in [1.807, 2.05) is 0 Å². The predicted octanol–water partition coefficient (Wildman–Crippen LogP) is 0.276. The molecule has 0 atom stereocenters. The zero-order chi connectivity index (χ0) is 14.0. The van der Waals surface area contributed by atoms with E-state index in [4.69, 9.17) is 0 Å². The second-order valence-corrected chi connectivity index (χ2v) is 7.44. The summed E-state index contributed by atoms with van der Waals surface area (Å²) < 4.78 is 51.1. The first-order valence-corrected chi connectivity index (χ1v) is 8.22. The third-order valence-electron chi connectivity index (χ3n) is 1.94. The van der Waals surface area contributed by atoms with Crippen LogP contribution in [0, 0.1) is 0 Å². The summed E-state index contributed by atoms with van der Waals surface area (Å²) in [5.41, 5.74) is 0.335. The van der Waals surface area contributed by atoms with E-state index in [0.717, 1.165) is 10.6 Å². The van der Waals surface area contributed by atoms with Crippen molar-refractivity contribution in [3.05, 3.63) is 24.3 Å². The van der Waals surface area contributed by atoms with Gasteiger partial charge in [0, 0.05) is 14.1 Å². The topological polar surface area (TPSA) is 95.6 Å². The number of nitrogens with zero attached hydrogens (tertiary/aromatic N) is 1. The van der Waals surface area contributed by atoms with E-state index in [9.17, 15) is 16.8 Å². The van der Waals surface area contributed by atoms with Crippen LogP contribution in [0.3, 0.4) is 0 Å². The van der Waals surface area contributed by atoms with E-state index < -0.39 is 20.2 Å². The van der Waals surface area contributed by atoms with Crippen LogP contribution in [0.2, 0.25) is 0 Å². The molecule has 0 radical (unpaired) electrons. The van der Waals surface area contributed by atoms with Gasteiger partial charge in [0.1, 0.15) is 0 Å². The molecule has 0 aliphatic rings. The number of hydrogen-bond donors (Lipinski definition) is 2. The SMILES string of the molecule is CN(C)S(=O)(=O)Nc1ccccc1NS(C)(=O)=O. The smallest absolute Gasteiger partial charge is 0.282 e. The van der Waals surface area contributed by atoms with Crippen LogP contribution < -0.4 is 9.44 Å². The lowest BCUT2D eigenvalue weighted by atomic mass is 10.3. The second kappa shape index (κ2) is 5.12. The first-order valence-electron chi connectivity index (χ1n) is 4.89. The van der Waals surface area contributed by atoms with Crippen molar-refractivity contribution in [3.63, 3.8) is 0 Å². The molecule has 0 aromatic heterocycles. The second-order valence-electron chi connectivity index (χ2n) is 3.81. The Hall–Kier alpha value is -1.32. The molecular formula is C9H15N3O4S2. The average molecular weight is 293 g/mol. The van der Waals surface area contributed by atoms with Crippen molar-refractivity contribution in [1.82, 2.24) is 4.31 Å². The Balaban J connectivity index is 3.11. The molecule has 0 spiro atoms. The van der Waals surface area contributed by atoms with Crippen molar-refractivity contribution in [2.24, 2.45) is 0 Å². The summed E-state index contributed by atoms with van der Waals surface area (Å²) in [6, 6.07) is 6.13. The molecule has 1 aromatic rings. The van der Waals surface area contributed by atoms with E-state index >= 15 is 0 Å². The van der Waals surface area contributed by atoms with Gasteiger partial charge in [-0.3, -0.25) is 9.44 Å². The quantitative estimate of drug-likeness (QED) is 0.815. The van der Waals surface area contributed by atoms with Gasteiger partial charge in [-0.2, -0.15) is 12.7 Å². The molecule has 0 amide bonds. The Morgan fingerprint density at radius 1 is 0.944 bits per heavy atom. The standard InChI is InChI=1S/C9H15N3O4S2/c1-12(2)18(15,16)11-9-7-5-4-6-8(9)10-17(3,13)14/h4-7,10-11H,1-3H3. The van der Waals surface area contributed by atoms with Crippen LogP contribution in [0.15, 0.2) is 24.3 Å². The predicted molar refractivity (Wildman–Crippen MR) is 71.1 cm³/mol. The van der Waals surface area contributed by atoms with Crippen LogP contribution in [0.25, 0.3) is 0 Å². The van der Waals surface area contributed by atoms with Crippen LogP contribution in [-0.2, 0) is 20.2 Å². The number of anilines is 2. The summed E-state index contributed by atoms with van der Waals surface area (Å²) in [6.45, 7) is 0. The number of rotatable bonds is 5. The summed E-state index contributed by atoms with van der Waals surface area (Å²) in [5, 5.41) is 0. The fourth-order valence-corrected chi connectivity index (χ4v) is 2.31. The van der Waals surface area contributed by atoms with Crippen molar-refractivity contribution in [2.45, 2.75) is 0 Å². The molecule has 0 saturated heterocycles. The molecule has 0 aliphatic carbocycles. The van der Waals surface area contributed by atoms with E-state index in [2.05, 4.69) is 9.44 Å². The number of hydrogen-bond acceptors (Lipinski definition) is 4. The summed E-state index contributed by atoms with van der Waals surface area (Å²) >= 11 is 0. The fourth-order valence-electron chi connectivity index (χ4n) is 1.09. The zero-order valence-electron chi connectivity index (χ0n) is 10.2. The lowest BCUT2D eigenvalue weighted by molar-refractivity contribution is 0.527. The van der Waals surface area contributed by atoms with Crippen LogP contribution in [0.5, 0.6) is 0 Å². The minimum atomic E-state index is -3.68. The Labute approximate surface area is 107 Å². The van der Waals surface area contributed by atoms with Gasteiger partial charge in [0.25, 0.3) is 0 Å². The lowest BCUT2D eigenvalue weighted by Gasteiger charge is -2.16. The van der Waals surface area contributed by atoms with Gasteiger partial charge < -0.3 is 0 Å². The van der Waals surface area contributed by atoms with Crippen molar-refractivity contribution in [1.29, 1.82) is 0 Å². The van der Waals surface area contributed by atoms with Gasteiger partial charge in [-0.05, 0) is 12.1 Å². The van der Waals surface area contributed by atoms with Crippen molar-refractivity contribution >= 4 is 31.6 Å². The number of para-hydroxylation sites is 2. The Bertz CT molecular complexity index is 623. The molecule has 0 fully saturated rings. The van der Waals surface area contributed by atoms with Crippen LogP contribution >= 0.6 is 0 Å². The summed E-state index contributed by atoms with van der Waals surface area (Å²) in [7, 11) is -4.41. The van der Waals surface area contributed by atoms with Gasteiger partial charge in [0.2, 0.25) is 10.0 Å². The maximum Gasteiger partial charge on any atom is 0.301 e. The van der Waals surface area contributed by atoms with Gasteiger partial charge in [-0.15, -0.1) is 0 Å². The van der Waals surface area contributed by atoms with E-state index in [1.54, 1.807) is 12.1 Å². The van der Waals surface area contributed by atoms with Gasteiger partial charge in [-0.1, -0.05) is 12.1 Å². The van der Waals surface area contributed by atoms with Crippen molar-refractivity contribution in [3.8, 4) is 0 Å². The molecule has 18 heavy (non-hydrogen) atoms. The van der Waals surface area contributed by atoms with Gasteiger partial charge in [0.05, 0.1) is 17.6 Å². The lowest BCUT2D eigenvalue weighted by Crippen LogP contribution is -2.29. The third-order valence-corrected chi connectivity index (χ3v) is 3.97. The first kappa shape index (κ1) is 14.7. The summed E-state index contributed by atoms with van der Waals surface area (Å²) in [6.07, 6.45) is 0.990. The number of nitrogens with one attached hydrogen (secondary N) is 2. The highest BCUT2D eigenvalue weighted by molar-refractivity contribution is 7.92. The molecule has 0 heterocycles. The maximum absolute atomic E-state index is 11.7. The molecule has 9 heteroatoms. The highest BCUT2D eigenvalue weighted by Crippen LogP contribution is 2.23. The summed E-state index contributed by atoms with van der Waals surface area (Å²) in [4.78, 5) is 0. The minimum absolute atomic E-state index is 0.164. The van der Waals surface area contributed by atoms with Gasteiger partial charge in [0.15, 0.2) is 0 Å². The Morgan fingerprint density at radius 3 is 1.78 bits per heavy atom. The van der Waals surface area contributed by atoms with Gasteiger partial charge in [-0.25, -0.2) is 8.42 Å². The minimum Gasteiger partial charge on any atom is -0.282 e. The number of benzene rings is 1. The Kier molecular flexibility index (Phi) is 4.20. The normalized spacial score (nSPS) is 12.4. The molecular weight excluding hydrogens is 278 g/mol. The molecule has 1 rings (SSSR count). The Morgan fingerprint density at radius 2 is 1.39 bits per heavy atom. The third kappa shape index (κ3) is 4.17. The fraction of sp³-hybridized carbons (Fsp3) is 0.333. The summed E-state index contributed by atoms with van der Waals surface area (Å²) in [5.74, 6) is 0. The highest BCUT2D eigenvalue weighted by atomic mass is 32.2. The van der Waals surface area contributed by atoms with E-state index in [0.29, 0.717) is 0 Å². The zero-order valence-corrected chi connectivity index (χ0v) is 11.8. The maximum atomic E-state index is 11.7. The van der Waals surface area contributed by atoms with E-state index in [1.165, 1.54) is 26.2 Å². The highest BCUT2D eigenvalue weighted by Gasteiger charge is 2.16. The van der Waals surface area contributed by atoms with Crippen molar-refractivity contribution in [2.75, 3.05) is 29.8 Å². The largest absolute Gasteiger partial charge is 0.301 e.